The molecule has 122 valence electrons. The van der Waals surface area contributed by atoms with Crippen LogP contribution < -0.4 is 0 Å². The third-order valence-electron chi connectivity index (χ3n) is 5.19. The van der Waals surface area contributed by atoms with Crippen molar-refractivity contribution < 1.29 is 4.74 Å². The van der Waals surface area contributed by atoms with Gasteiger partial charge in [-0.2, -0.15) is 0 Å². The molecule has 0 amide bonds. The lowest BCUT2D eigenvalue weighted by Crippen LogP contribution is -2.48. The van der Waals surface area contributed by atoms with Crippen molar-refractivity contribution in [2.24, 2.45) is 5.92 Å². The van der Waals surface area contributed by atoms with Gasteiger partial charge in [0.25, 0.3) is 0 Å². The lowest BCUT2D eigenvalue weighted by atomic mass is 10.0. The molecule has 2 saturated heterocycles. The second kappa shape index (κ2) is 8.09. The summed E-state index contributed by atoms with van der Waals surface area (Å²) < 4.78 is 5.49. The first-order chi connectivity index (χ1) is 10.8. The van der Waals surface area contributed by atoms with Gasteiger partial charge in [-0.05, 0) is 49.8 Å². The SMILES string of the molecule is Cc1ccccc1CCCN1CCN(C[C@@H]2CCOC2)CC1. The fourth-order valence-corrected chi connectivity index (χ4v) is 3.67. The van der Waals surface area contributed by atoms with E-state index in [1.807, 2.05) is 0 Å². The zero-order chi connectivity index (χ0) is 15.2. The van der Waals surface area contributed by atoms with Crippen molar-refractivity contribution in [3.05, 3.63) is 35.4 Å². The summed E-state index contributed by atoms with van der Waals surface area (Å²) in [6.07, 6.45) is 3.75. The van der Waals surface area contributed by atoms with E-state index in [2.05, 4.69) is 41.0 Å². The number of rotatable bonds is 6. The van der Waals surface area contributed by atoms with Crippen LogP contribution in [0.5, 0.6) is 0 Å². The average molecular weight is 302 g/mol. The molecular formula is C19H30N2O. The van der Waals surface area contributed by atoms with Gasteiger partial charge >= 0.3 is 0 Å². The Morgan fingerprint density at radius 1 is 1.09 bits per heavy atom. The molecule has 3 rings (SSSR count). The van der Waals surface area contributed by atoms with E-state index in [4.69, 9.17) is 4.74 Å². The highest BCUT2D eigenvalue weighted by atomic mass is 16.5. The van der Waals surface area contributed by atoms with Crippen LogP contribution in [0, 0.1) is 12.8 Å². The van der Waals surface area contributed by atoms with Crippen molar-refractivity contribution in [2.45, 2.75) is 26.2 Å². The van der Waals surface area contributed by atoms with Crippen molar-refractivity contribution in [1.29, 1.82) is 0 Å². The standard InChI is InChI=1S/C19H30N2O/c1-17-5-2-3-6-19(17)7-4-9-20-10-12-21(13-11-20)15-18-8-14-22-16-18/h2-3,5-6,18H,4,7-16H2,1H3/t18-/m0/s1. The number of aryl methyl sites for hydroxylation is 2. The van der Waals surface area contributed by atoms with Crippen LogP contribution in [-0.2, 0) is 11.2 Å². The first kappa shape index (κ1) is 16.0. The van der Waals surface area contributed by atoms with Gasteiger partial charge in [-0.15, -0.1) is 0 Å². The van der Waals surface area contributed by atoms with E-state index in [0.29, 0.717) is 0 Å². The fraction of sp³-hybridized carbons (Fsp3) is 0.684. The van der Waals surface area contributed by atoms with Crippen LogP contribution >= 0.6 is 0 Å². The third kappa shape index (κ3) is 4.55. The average Bonchev–Trinajstić information content (AvgIpc) is 3.04. The van der Waals surface area contributed by atoms with Crippen molar-refractivity contribution in [3.8, 4) is 0 Å². The molecule has 0 spiro atoms. The molecule has 3 nitrogen and oxygen atoms in total. The van der Waals surface area contributed by atoms with Gasteiger partial charge < -0.3 is 14.5 Å². The number of nitrogens with zero attached hydrogens (tertiary/aromatic N) is 2. The molecule has 2 aliphatic rings. The van der Waals surface area contributed by atoms with Gasteiger partial charge in [0.05, 0.1) is 6.61 Å². The molecule has 0 aliphatic carbocycles. The summed E-state index contributed by atoms with van der Waals surface area (Å²) in [4.78, 5) is 5.27. The van der Waals surface area contributed by atoms with Crippen LogP contribution in [0.1, 0.15) is 24.0 Å². The highest BCUT2D eigenvalue weighted by molar-refractivity contribution is 5.25. The molecule has 0 saturated carbocycles. The number of hydrogen-bond acceptors (Lipinski definition) is 3. The topological polar surface area (TPSA) is 15.7 Å². The van der Waals surface area contributed by atoms with Crippen molar-refractivity contribution in [2.75, 3.05) is 52.5 Å². The summed E-state index contributed by atoms with van der Waals surface area (Å²) in [6.45, 7) is 11.6. The Morgan fingerprint density at radius 2 is 1.86 bits per heavy atom. The van der Waals surface area contributed by atoms with Gasteiger partial charge in [0.1, 0.15) is 0 Å². The molecule has 0 radical (unpaired) electrons. The Kier molecular flexibility index (Phi) is 5.88. The van der Waals surface area contributed by atoms with Crippen molar-refractivity contribution >= 4 is 0 Å². The second-order valence-corrected chi connectivity index (χ2v) is 6.90. The lowest BCUT2D eigenvalue weighted by molar-refractivity contribution is 0.110. The number of hydrogen-bond donors (Lipinski definition) is 0. The summed E-state index contributed by atoms with van der Waals surface area (Å²) in [6, 6.07) is 8.79. The minimum atomic E-state index is 0.785. The molecule has 2 heterocycles. The number of piperazine rings is 1. The normalized spacial score (nSPS) is 24.0. The maximum atomic E-state index is 5.49. The number of ether oxygens (including phenoxy) is 1. The van der Waals surface area contributed by atoms with Crippen molar-refractivity contribution in [1.82, 2.24) is 9.80 Å². The smallest absolute Gasteiger partial charge is 0.0507 e. The molecule has 22 heavy (non-hydrogen) atoms. The number of benzene rings is 1. The van der Waals surface area contributed by atoms with Gasteiger partial charge in [0.15, 0.2) is 0 Å². The van der Waals surface area contributed by atoms with Gasteiger partial charge in [-0.1, -0.05) is 24.3 Å². The maximum absolute atomic E-state index is 5.49. The molecule has 0 bridgehead atoms. The molecule has 0 unspecified atom stereocenters. The first-order valence-electron chi connectivity index (χ1n) is 8.88. The molecule has 0 N–H and O–H groups in total. The van der Waals surface area contributed by atoms with Crippen LogP contribution in [-0.4, -0.2) is 62.3 Å². The highest BCUT2D eigenvalue weighted by Crippen LogP contribution is 2.15. The van der Waals surface area contributed by atoms with E-state index in [1.54, 1.807) is 0 Å². The molecule has 0 aromatic heterocycles. The van der Waals surface area contributed by atoms with E-state index in [0.717, 1.165) is 19.1 Å². The largest absolute Gasteiger partial charge is 0.381 e. The predicted octanol–water partition coefficient (Wildman–Crippen LogP) is 2.58. The molecular weight excluding hydrogens is 272 g/mol. The van der Waals surface area contributed by atoms with E-state index in [1.165, 1.54) is 69.7 Å². The monoisotopic (exact) mass is 302 g/mol. The second-order valence-electron chi connectivity index (χ2n) is 6.90. The predicted molar refractivity (Wildman–Crippen MR) is 91.3 cm³/mol. The molecule has 1 aromatic carbocycles. The molecule has 2 fully saturated rings. The van der Waals surface area contributed by atoms with Crippen LogP contribution in [0.25, 0.3) is 0 Å². The molecule has 1 atom stereocenters. The van der Waals surface area contributed by atoms with E-state index >= 15 is 0 Å². The summed E-state index contributed by atoms with van der Waals surface area (Å²) in [7, 11) is 0. The van der Waals surface area contributed by atoms with E-state index in [-0.39, 0.29) is 0 Å². The minimum Gasteiger partial charge on any atom is -0.381 e. The summed E-state index contributed by atoms with van der Waals surface area (Å²) in [5, 5.41) is 0. The third-order valence-corrected chi connectivity index (χ3v) is 5.19. The maximum Gasteiger partial charge on any atom is 0.0507 e. The molecule has 1 aromatic rings. The van der Waals surface area contributed by atoms with E-state index in [9.17, 15) is 0 Å². The van der Waals surface area contributed by atoms with Crippen LogP contribution in [0.4, 0.5) is 0 Å². The Balaban J connectivity index is 1.33. The Labute approximate surface area is 135 Å². The van der Waals surface area contributed by atoms with Crippen LogP contribution in [0.3, 0.4) is 0 Å². The Bertz CT molecular complexity index is 449. The zero-order valence-electron chi connectivity index (χ0n) is 14.0. The highest BCUT2D eigenvalue weighted by Gasteiger charge is 2.22. The zero-order valence-corrected chi connectivity index (χ0v) is 14.0. The fourth-order valence-electron chi connectivity index (χ4n) is 3.67. The lowest BCUT2D eigenvalue weighted by Gasteiger charge is -2.35. The van der Waals surface area contributed by atoms with Gasteiger partial charge in [-0.3, -0.25) is 0 Å². The summed E-state index contributed by atoms with van der Waals surface area (Å²) in [5.41, 5.74) is 2.95. The van der Waals surface area contributed by atoms with Gasteiger partial charge in [-0.25, -0.2) is 0 Å². The van der Waals surface area contributed by atoms with E-state index < -0.39 is 0 Å². The van der Waals surface area contributed by atoms with Gasteiger partial charge in [0.2, 0.25) is 0 Å². The molecule has 2 aliphatic heterocycles. The Morgan fingerprint density at radius 3 is 2.59 bits per heavy atom. The van der Waals surface area contributed by atoms with Crippen LogP contribution in [0.15, 0.2) is 24.3 Å². The first-order valence-corrected chi connectivity index (χ1v) is 8.88. The molecule has 3 heteroatoms. The quantitative estimate of drug-likeness (QED) is 0.803. The van der Waals surface area contributed by atoms with Crippen molar-refractivity contribution in [3.63, 3.8) is 0 Å². The Hall–Kier alpha value is -0.900. The summed E-state index contributed by atoms with van der Waals surface area (Å²) in [5.74, 6) is 0.785. The minimum absolute atomic E-state index is 0.785. The summed E-state index contributed by atoms with van der Waals surface area (Å²) >= 11 is 0. The van der Waals surface area contributed by atoms with Gasteiger partial charge in [0, 0.05) is 39.3 Å². The van der Waals surface area contributed by atoms with Crippen LogP contribution in [0.2, 0.25) is 0 Å².